The van der Waals surface area contributed by atoms with E-state index in [2.05, 4.69) is 11.8 Å². The Morgan fingerprint density at radius 3 is 2.65 bits per heavy atom. The Morgan fingerprint density at radius 2 is 2.10 bits per heavy atom. The molecule has 0 aromatic rings. The van der Waals surface area contributed by atoms with E-state index >= 15 is 0 Å². The summed E-state index contributed by atoms with van der Waals surface area (Å²) in [6.07, 6.45) is 5.27. The van der Waals surface area contributed by atoms with Gasteiger partial charge in [-0.3, -0.25) is 0 Å². The molecule has 2 aliphatic carbocycles. The van der Waals surface area contributed by atoms with Gasteiger partial charge in [-0.1, -0.05) is 6.42 Å². The number of guanidine groups is 1. The zero-order valence-electron chi connectivity index (χ0n) is 12.2. The van der Waals surface area contributed by atoms with Crippen molar-refractivity contribution in [3.05, 3.63) is 0 Å². The summed E-state index contributed by atoms with van der Waals surface area (Å²) in [5.74, 6) is 0.703. The molecule has 116 valence electrons. The molecule has 6 heteroatoms. The van der Waals surface area contributed by atoms with Crippen LogP contribution < -0.4 is 5.73 Å². The van der Waals surface area contributed by atoms with Crippen LogP contribution in [0.1, 0.15) is 32.6 Å². The van der Waals surface area contributed by atoms with Crippen molar-refractivity contribution in [2.45, 2.75) is 44.8 Å². The molecule has 1 heterocycles. The first kappa shape index (κ1) is 16.3. The first-order chi connectivity index (χ1) is 9.26. The number of hydrogen-bond donors (Lipinski definition) is 1. The van der Waals surface area contributed by atoms with Gasteiger partial charge in [-0.15, -0.1) is 24.0 Å². The summed E-state index contributed by atoms with van der Waals surface area (Å²) in [4.78, 5) is 6.94. The van der Waals surface area contributed by atoms with Crippen LogP contribution in [0, 0.1) is 5.41 Å². The number of ether oxygens (including phenoxy) is 2. The van der Waals surface area contributed by atoms with Crippen LogP contribution in [0.5, 0.6) is 0 Å². The summed E-state index contributed by atoms with van der Waals surface area (Å²) in [5, 5.41) is 0. The van der Waals surface area contributed by atoms with Crippen molar-refractivity contribution in [1.82, 2.24) is 4.90 Å². The standard InChI is InChI=1S/C14H25N3O2.HI/c1-2-19-12-10-11(14(12)4-3-5-14)16-13(15)17-6-8-18-9-7-17;/h11-12H,2-10H2,1H3,(H2,15,16);1H. The van der Waals surface area contributed by atoms with Gasteiger partial charge in [0.2, 0.25) is 0 Å². The van der Waals surface area contributed by atoms with Crippen LogP contribution >= 0.6 is 24.0 Å². The molecular formula is C14H26IN3O2. The molecule has 1 spiro atoms. The fourth-order valence-electron chi connectivity index (χ4n) is 3.62. The third kappa shape index (κ3) is 2.78. The highest BCUT2D eigenvalue weighted by atomic mass is 127. The van der Waals surface area contributed by atoms with Crippen molar-refractivity contribution < 1.29 is 9.47 Å². The molecule has 0 aromatic carbocycles. The van der Waals surface area contributed by atoms with Crippen LogP contribution in [-0.4, -0.2) is 55.9 Å². The Bertz CT molecular complexity index is 354. The normalized spacial score (nSPS) is 32.2. The molecule has 20 heavy (non-hydrogen) atoms. The van der Waals surface area contributed by atoms with E-state index in [0.29, 0.717) is 23.5 Å². The first-order valence-electron chi connectivity index (χ1n) is 7.54. The lowest BCUT2D eigenvalue weighted by atomic mass is 9.51. The minimum Gasteiger partial charge on any atom is -0.378 e. The van der Waals surface area contributed by atoms with E-state index in [1.165, 1.54) is 19.3 Å². The largest absolute Gasteiger partial charge is 0.378 e. The molecule has 0 bridgehead atoms. The lowest BCUT2D eigenvalue weighted by Crippen LogP contribution is -2.62. The van der Waals surface area contributed by atoms with Gasteiger partial charge in [-0.25, -0.2) is 4.99 Å². The number of nitrogens with two attached hydrogens (primary N) is 1. The van der Waals surface area contributed by atoms with Gasteiger partial charge in [-0.2, -0.15) is 0 Å². The third-order valence-electron chi connectivity index (χ3n) is 5.02. The zero-order chi connectivity index (χ0) is 13.3. The van der Waals surface area contributed by atoms with Crippen LogP contribution in [0.15, 0.2) is 4.99 Å². The van der Waals surface area contributed by atoms with E-state index in [1.54, 1.807) is 0 Å². The fourth-order valence-corrected chi connectivity index (χ4v) is 3.62. The number of morpholine rings is 1. The van der Waals surface area contributed by atoms with Crippen molar-refractivity contribution in [3.63, 3.8) is 0 Å². The minimum absolute atomic E-state index is 0. The quantitative estimate of drug-likeness (QED) is 0.448. The molecule has 2 atom stereocenters. The number of rotatable bonds is 3. The summed E-state index contributed by atoms with van der Waals surface area (Å²) in [6, 6.07) is 0.376. The van der Waals surface area contributed by atoms with Crippen molar-refractivity contribution in [2.75, 3.05) is 32.9 Å². The molecule has 0 aromatic heterocycles. The van der Waals surface area contributed by atoms with Gasteiger partial charge in [0, 0.05) is 25.1 Å². The smallest absolute Gasteiger partial charge is 0.191 e. The van der Waals surface area contributed by atoms with Gasteiger partial charge in [-0.05, 0) is 26.2 Å². The van der Waals surface area contributed by atoms with Crippen LogP contribution in [-0.2, 0) is 9.47 Å². The Morgan fingerprint density at radius 1 is 1.40 bits per heavy atom. The summed E-state index contributed by atoms with van der Waals surface area (Å²) in [7, 11) is 0. The maximum Gasteiger partial charge on any atom is 0.191 e. The Labute approximate surface area is 138 Å². The molecule has 5 nitrogen and oxygen atoms in total. The van der Waals surface area contributed by atoms with Gasteiger partial charge >= 0.3 is 0 Å². The van der Waals surface area contributed by atoms with E-state index in [-0.39, 0.29) is 24.0 Å². The zero-order valence-corrected chi connectivity index (χ0v) is 14.5. The van der Waals surface area contributed by atoms with Gasteiger partial charge < -0.3 is 20.1 Å². The second-order valence-corrected chi connectivity index (χ2v) is 5.87. The molecule has 3 rings (SSSR count). The summed E-state index contributed by atoms with van der Waals surface area (Å²) in [6.45, 7) is 6.13. The molecular weight excluding hydrogens is 369 g/mol. The molecule has 0 amide bonds. The summed E-state index contributed by atoms with van der Waals surface area (Å²) in [5.41, 5.74) is 6.47. The third-order valence-corrected chi connectivity index (χ3v) is 5.02. The Hall–Kier alpha value is -0.0800. The molecule has 2 N–H and O–H groups in total. The van der Waals surface area contributed by atoms with E-state index in [4.69, 9.17) is 20.2 Å². The van der Waals surface area contributed by atoms with Crippen LogP contribution in [0.4, 0.5) is 0 Å². The number of hydrogen-bond acceptors (Lipinski definition) is 3. The molecule has 3 fully saturated rings. The molecule has 0 radical (unpaired) electrons. The van der Waals surface area contributed by atoms with Crippen LogP contribution in [0.2, 0.25) is 0 Å². The highest BCUT2D eigenvalue weighted by molar-refractivity contribution is 14.0. The van der Waals surface area contributed by atoms with Crippen molar-refractivity contribution in [2.24, 2.45) is 16.1 Å². The minimum atomic E-state index is 0. The van der Waals surface area contributed by atoms with E-state index in [9.17, 15) is 0 Å². The molecule has 1 aliphatic heterocycles. The topological polar surface area (TPSA) is 60.1 Å². The van der Waals surface area contributed by atoms with Crippen molar-refractivity contribution in [1.29, 1.82) is 0 Å². The van der Waals surface area contributed by atoms with Gasteiger partial charge in [0.05, 0.1) is 25.4 Å². The van der Waals surface area contributed by atoms with Gasteiger partial charge in [0.1, 0.15) is 0 Å². The maximum atomic E-state index is 6.16. The predicted molar refractivity (Wildman–Crippen MR) is 89.5 cm³/mol. The maximum absolute atomic E-state index is 6.16. The molecule has 3 aliphatic rings. The van der Waals surface area contributed by atoms with Gasteiger partial charge in [0.25, 0.3) is 0 Å². The lowest BCUT2D eigenvalue weighted by Gasteiger charge is -2.59. The Balaban J connectivity index is 0.00000147. The summed E-state index contributed by atoms with van der Waals surface area (Å²) < 4.78 is 11.2. The SMILES string of the molecule is CCOC1CC(N=C(N)N2CCOCC2)C12CCC2.I. The van der Waals surface area contributed by atoms with Crippen LogP contribution in [0.25, 0.3) is 0 Å². The summed E-state index contributed by atoms with van der Waals surface area (Å²) >= 11 is 0. The second-order valence-electron chi connectivity index (χ2n) is 5.87. The second kappa shape index (κ2) is 6.79. The lowest BCUT2D eigenvalue weighted by molar-refractivity contribution is -0.162. The predicted octanol–water partition coefficient (Wildman–Crippen LogP) is 1.60. The van der Waals surface area contributed by atoms with Crippen LogP contribution in [0.3, 0.4) is 0 Å². The average molecular weight is 395 g/mol. The van der Waals surface area contributed by atoms with E-state index in [1.807, 2.05) is 0 Å². The molecule has 2 unspecified atom stereocenters. The highest BCUT2D eigenvalue weighted by Crippen LogP contribution is 2.58. The van der Waals surface area contributed by atoms with E-state index < -0.39 is 0 Å². The Kier molecular flexibility index (Phi) is 5.53. The fraction of sp³-hybridized carbons (Fsp3) is 0.929. The molecule has 2 saturated carbocycles. The van der Waals surface area contributed by atoms with Crippen molar-refractivity contribution >= 4 is 29.9 Å². The average Bonchev–Trinajstić information content (AvgIpc) is 2.36. The number of halogens is 1. The van der Waals surface area contributed by atoms with Crippen molar-refractivity contribution in [3.8, 4) is 0 Å². The number of aliphatic imine (C=N–C) groups is 1. The molecule has 1 saturated heterocycles. The first-order valence-corrected chi connectivity index (χ1v) is 7.54. The van der Waals surface area contributed by atoms with Gasteiger partial charge in [0.15, 0.2) is 5.96 Å². The number of nitrogens with zero attached hydrogens (tertiary/aromatic N) is 2. The van der Waals surface area contributed by atoms with E-state index in [0.717, 1.165) is 39.3 Å². The highest BCUT2D eigenvalue weighted by Gasteiger charge is 2.59. The monoisotopic (exact) mass is 395 g/mol.